The third kappa shape index (κ3) is 2.65. The molecule has 1 amide bonds. The van der Waals surface area contributed by atoms with Crippen LogP contribution in [0, 0.1) is 5.82 Å². The lowest BCUT2D eigenvalue weighted by Gasteiger charge is -2.23. The number of hydrogen-bond acceptors (Lipinski definition) is 3. The smallest absolute Gasteiger partial charge is 0.409 e. The molecule has 0 aromatic heterocycles. The van der Waals surface area contributed by atoms with Crippen molar-refractivity contribution in [2.24, 2.45) is 0 Å². The maximum Gasteiger partial charge on any atom is 0.409 e. The Bertz CT molecular complexity index is 528. The van der Waals surface area contributed by atoms with Crippen LogP contribution in [0.25, 0.3) is 0 Å². The summed E-state index contributed by atoms with van der Waals surface area (Å²) < 4.78 is 13.8. The molecule has 1 aliphatic heterocycles. The van der Waals surface area contributed by atoms with Crippen LogP contribution in [0.3, 0.4) is 0 Å². The first-order chi connectivity index (χ1) is 8.56. The van der Waals surface area contributed by atoms with Crippen molar-refractivity contribution in [3.63, 3.8) is 0 Å². The molecule has 0 spiro atoms. The first-order valence-electron chi connectivity index (χ1n) is 5.33. The summed E-state index contributed by atoms with van der Waals surface area (Å²) in [6.45, 7) is 0.415. The fourth-order valence-corrected chi connectivity index (χ4v) is 1.70. The molecule has 5 nitrogen and oxygen atoms in total. The molecule has 0 unspecified atom stereocenters. The van der Waals surface area contributed by atoms with Gasteiger partial charge in [0.15, 0.2) is 5.78 Å². The molecule has 1 aromatic rings. The second kappa shape index (κ2) is 4.87. The molecule has 94 valence electrons. The van der Waals surface area contributed by atoms with Crippen LogP contribution < -0.4 is 10.2 Å². The second-order valence-electron chi connectivity index (χ2n) is 3.82. The molecule has 0 bridgehead atoms. The molecule has 18 heavy (non-hydrogen) atoms. The number of nitrogens with zero attached hydrogens (tertiary/aromatic N) is 1. The van der Waals surface area contributed by atoms with Gasteiger partial charge in [-0.2, -0.15) is 0 Å². The maximum absolute atomic E-state index is 13.8. The van der Waals surface area contributed by atoms with E-state index in [0.29, 0.717) is 18.7 Å². The lowest BCUT2D eigenvalue weighted by molar-refractivity contribution is -0.114. The number of allylic oxidation sites excluding steroid dienone is 1. The highest BCUT2D eigenvalue weighted by Crippen LogP contribution is 2.24. The van der Waals surface area contributed by atoms with Gasteiger partial charge in [-0.15, -0.1) is 0 Å². The Morgan fingerprint density at radius 1 is 1.44 bits per heavy atom. The normalized spacial score (nSPS) is 14.7. The number of hydrogen-bond donors (Lipinski definition) is 2. The van der Waals surface area contributed by atoms with Gasteiger partial charge in [0.25, 0.3) is 0 Å². The third-order valence-corrected chi connectivity index (χ3v) is 2.55. The zero-order valence-corrected chi connectivity index (χ0v) is 9.39. The summed E-state index contributed by atoms with van der Waals surface area (Å²) in [5, 5.41) is 10.6. The van der Waals surface area contributed by atoms with Crippen molar-refractivity contribution in [3.8, 4) is 0 Å². The van der Waals surface area contributed by atoms with Crippen molar-refractivity contribution in [1.29, 1.82) is 0 Å². The van der Waals surface area contributed by atoms with Crippen LogP contribution in [0.15, 0.2) is 30.5 Å². The maximum atomic E-state index is 13.8. The third-order valence-electron chi connectivity index (χ3n) is 2.55. The molecule has 0 atom stereocenters. The van der Waals surface area contributed by atoms with E-state index in [-0.39, 0.29) is 11.5 Å². The highest BCUT2D eigenvalue weighted by Gasteiger charge is 2.15. The number of benzene rings is 1. The predicted octanol–water partition coefficient (Wildman–Crippen LogP) is 2.21. The Morgan fingerprint density at radius 2 is 2.22 bits per heavy atom. The Labute approximate surface area is 103 Å². The van der Waals surface area contributed by atoms with Gasteiger partial charge in [-0.3, -0.25) is 10.1 Å². The van der Waals surface area contributed by atoms with Crippen LogP contribution in [0.1, 0.15) is 6.42 Å². The Kier molecular flexibility index (Phi) is 3.27. The van der Waals surface area contributed by atoms with Crippen molar-refractivity contribution in [3.05, 3.63) is 36.3 Å². The molecule has 1 aliphatic rings. The van der Waals surface area contributed by atoms with Crippen LogP contribution in [0.2, 0.25) is 0 Å². The average molecular weight is 250 g/mol. The van der Waals surface area contributed by atoms with Crippen LogP contribution in [-0.2, 0) is 4.79 Å². The first kappa shape index (κ1) is 12.1. The summed E-state index contributed by atoms with van der Waals surface area (Å²) in [5.41, 5.74) is 0.482. The summed E-state index contributed by atoms with van der Waals surface area (Å²) in [6, 6.07) is 4.05. The standard InChI is InChI=1S/C12H11FN2O3/c13-10-7-8(14-12(17)18)1-2-11(10)15-5-3-9(16)4-6-15/h1-3,5,7,14H,4,6H2,(H,17,18). The minimum Gasteiger partial charge on any atom is -0.465 e. The number of carboxylic acid groups (broad SMARTS) is 1. The summed E-state index contributed by atoms with van der Waals surface area (Å²) >= 11 is 0. The van der Waals surface area contributed by atoms with Gasteiger partial charge in [0.05, 0.1) is 5.69 Å². The van der Waals surface area contributed by atoms with E-state index in [1.54, 1.807) is 4.90 Å². The summed E-state index contributed by atoms with van der Waals surface area (Å²) in [7, 11) is 0. The molecule has 0 radical (unpaired) electrons. The fraction of sp³-hybridized carbons (Fsp3) is 0.167. The van der Waals surface area contributed by atoms with Gasteiger partial charge in [0.1, 0.15) is 5.82 Å². The van der Waals surface area contributed by atoms with E-state index in [2.05, 4.69) is 5.32 Å². The van der Waals surface area contributed by atoms with Gasteiger partial charge < -0.3 is 10.0 Å². The molecule has 1 aromatic carbocycles. The molecule has 2 N–H and O–H groups in total. The van der Waals surface area contributed by atoms with E-state index >= 15 is 0 Å². The fourth-order valence-electron chi connectivity index (χ4n) is 1.70. The minimum atomic E-state index is -1.24. The van der Waals surface area contributed by atoms with E-state index in [1.165, 1.54) is 24.4 Å². The molecular weight excluding hydrogens is 239 g/mol. The van der Waals surface area contributed by atoms with E-state index in [9.17, 15) is 14.0 Å². The van der Waals surface area contributed by atoms with Gasteiger partial charge in [0.2, 0.25) is 0 Å². The van der Waals surface area contributed by atoms with Gasteiger partial charge >= 0.3 is 6.09 Å². The molecule has 0 saturated heterocycles. The average Bonchev–Trinajstić information content (AvgIpc) is 2.30. The Morgan fingerprint density at radius 3 is 2.78 bits per heavy atom. The van der Waals surface area contributed by atoms with Gasteiger partial charge in [-0.05, 0) is 24.3 Å². The number of amides is 1. The van der Waals surface area contributed by atoms with E-state index in [4.69, 9.17) is 5.11 Å². The molecule has 1 heterocycles. The van der Waals surface area contributed by atoms with E-state index in [1.807, 2.05) is 0 Å². The number of halogens is 1. The summed E-state index contributed by atoms with van der Waals surface area (Å²) in [4.78, 5) is 23.0. The molecule has 6 heteroatoms. The second-order valence-corrected chi connectivity index (χ2v) is 3.82. The number of rotatable bonds is 2. The lowest BCUT2D eigenvalue weighted by atomic mass is 10.1. The Hall–Kier alpha value is -2.37. The van der Waals surface area contributed by atoms with Crippen LogP contribution in [0.4, 0.5) is 20.6 Å². The topological polar surface area (TPSA) is 69.6 Å². The predicted molar refractivity (Wildman–Crippen MR) is 64.2 cm³/mol. The van der Waals surface area contributed by atoms with Gasteiger partial charge in [-0.25, -0.2) is 9.18 Å². The zero-order chi connectivity index (χ0) is 13.1. The molecule has 0 aliphatic carbocycles. The van der Waals surface area contributed by atoms with Crippen LogP contribution >= 0.6 is 0 Å². The molecule has 0 fully saturated rings. The van der Waals surface area contributed by atoms with Crippen LogP contribution in [-0.4, -0.2) is 23.5 Å². The van der Waals surface area contributed by atoms with Gasteiger partial charge in [-0.1, -0.05) is 0 Å². The van der Waals surface area contributed by atoms with Crippen molar-refractivity contribution >= 4 is 23.3 Å². The number of carbonyl (C=O) groups excluding carboxylic acids is 1. The summed E-state index contributed by atoms with van der Waals surface area (Å²) in [5.74, 6) is -0.531. The monoisotopic (exact) mass is 250 g/mol. The quantitative estimate of drug-likeness (QED) is 0.844. The van der Waals surface area contributed by atoms with Crippen molar-refractivity contribution in [1.82, 2.24) is 0 Å². The van der Waals surface area contributed by atoms with E-state index < -0.39 is 11.9 Å². The zero-order valence-electron chi connectivity index (χ0n) is 9.39. The highest BCUT2D eigenvalue weighted by atomic mass is 19.1. The molecule has 0 saturated carbocycles. The largest absolute Gasteiger partial charge is 0.465 e. The van der Waals surface area contributed by atoms with Gasteiger partial charge in [0, 0.05) is 24.9 Å². The molecule has 2 rings (SSSR count). The highest BCUT2D eigenvalue weighted by molar-refractivity contribution is 5.91. The number of ketones is 1. The Balaban J connectivity index is 2.22. The number of nitrogens with one attached hydrogen (secondary N) is 1. The SMILES string of the molecule is O=C1C=CN(c2ccc(NC(=O)O)cc2F)CC1. The van der Waals surface area contributed by atoms with Crippen molar-refractivity contribution < 1.29 is 19.1 Å². The minimum absolute atomic E-state index is 0.0100. The van der Waals surface area contributed by atoms with Crippen LogP contribution in [0.5, 0.6) is 0 Å². The number of carbonyl (C=O) groups is 2. The lowest BCUT2D eigenvalue weighted by Crippen LogP contribution is -2.24. The van der Waals surface area contributed by atoms with Crippen molar-refractivity contribution in [2.75, 3.05) is 16.8 Å². The van der Waals surface area contributed by atoms with Crippen molar-refractivity contribution in [2.45, 2.75) is 6.42 Å². The molecular formula is C12H11FN2O3. The number of anilines is 2. The van der Waals surface area contributed by atoms with E-state index in [0.717, 1.165) is 6.07 Å². The first-order valence-corrected chi connectivity index (χ1v) is 5.33. The summed E-state index contributed by atoms with van der Waals surface area (Å²) in [6.07, 6.45) is 2.01.